The Morgan fingerprint density at radius 3 is 2.57 bits per heavy atom. The molecule has 0 aliphatic rings. The molecule has 0 aromatic heterocycles. The van der Waals surface area contributed by atoms with Crippen molar-refractivity contribution in [2.75, 3.05) is 27.4 Å². The van der Waals surface area contributed by atoms with Crippen molar-refractivity contribution in [3.8, 4) is 5.75 Å². The molecular formula is C16H25NO4. The van der Waals surface area contributed by atoms with Crippen LogP contribution in [0.2, 0.25) is 0 Å². The van der Waals surface area contributed by atoms with Crippen molar-refractivity contribution in [2.45, 2.75) is 32.8 Å². The second-order valence-corrected chi connectivity index (χ2v) is 5.17. The van der Waals surface area contributed by atoms with E-state index in [1.54, 1.807) is 7.11 Å². The van der Waals surface area contributed by atoms with Gasteiger partial charge in [0.2, 0.25) is 0 Å². The van der Waals surface area contributed by atoms with Crippen LogP contribution in [0.25, 0.3) is 0 Å². The molecule has 0 saturated heterocycles. The minimum Gasteiger partial charge on any atom is -0.496 e. The van der Waals surface area contributed by atoms with Gasteiger partial charge in [-0.15, -0.1) is 0 Å². The summed E-state index contributed by atoms with van der Waals surface area (Å²) in [6.45, 7) is 6.85. The number of nitrogens with one attached hydrogen (secondary N) is 1. The van der Waals surface area contributed by atoms with E-state index in [9.17, 15) is 4.79 Å². The van der Waals surface area contributed by atoms with Crippen LogP contribution in [0.3, 0.4) is 0 Å². The van der Waals surface area contributed by atoms with Crippen LogP contribution in [0, 0.1) is 0 Å². The molecule has 0 radical (unpaired) electrons. The summed E-state index contributed by atoms with van der Waals surface area (Å²) in [6, 6.07) is 6.15. The number of carbonyl (C=O) groups excluding carboxylic acids is 1. The first-order valence-corrected chi connectivity index (χ1v) is 7.07. The number of carbonyl (C=O) groups is 1. The third-order valence-corrected chi connectivity index (χ3v) is 3.34. The maximum absolute atomic E-state index is 11.0. The number of methoxy groups -OCH3 is 2. The van der Waals surface area contributed by atoms with Crippen molar-refractivity contribution in [3.63, 3.8) is 0 Å². The molecular weight excluding hydrogens is 270 g/mol. The Kier molecular flexibility index (Phi) is 6.49. The average molecular weight is 295 g/mol. The fourth-order valence-electron chi connectivity index (χ4n) is 2.06. The Morgan fingerprint density at radius 2 is 2.00 bits per heavy atom. The standard InChI is InChI=1S/C16H25NO4/c1-6-12-7-8-13(14(11-12)19-4)16(2,3)21-10-9-17-15(18)20-5/h7-8,11H,6,9-10H2,1-5H3,(H,17,18). The first-order valence-electron chi connectivity index (χ1n) is 7.07. The van der Waals surface area contributed by atoms with E-state index < -0.39 is 11.7 Å². The Bertz CT molecular complexity index is 471. The first-order chi connectivity index (χ1) is 9.94. The Hall–Kier alpha value is -1.75. The second kappa shape index (κ2) is 7.88. The summed E-state index contributed by atoms with van der Waals surface area (Å²) < 4.78 is 15.8. The fraction of sp³-hybridized carbons (Fsp3) is 0.562. The lowest BCUT2D eigenvalue weighted by Gasteiger charge is -2.28. The molecule has 21 heavy (non-hydrogen) atoms. The van der Waals surface area contributed by atoms with E-state index in [2.05, 4.69) is 23.0 Å². The van der Waals surface area contributed by atoms with Crippen LogP contribution in [0.4, 0.5) is 4.79 Å². The summed E-state index contributed by atoms with van der Waals surface area (Å²) in [4.78, 5) is 11.0. The molecule has 0 bridgehead atoms. The highest BCUT2D eigenvalue weighted by atomic mass is 16.5. The van der Waals surface area contributed by atoms with Gasteiger partial charge in [-0.2, -0.15) is 0 Å². The van der Waals surface area contributed by atoms with Crippen molar-refractivity contribution in [1.29, 1.82) is 0 Å². The molecule has 1 aromatic carbocycles. The van der Waals surface area contributed by atoms with Gasteiger partial charge in [-0.05, 0) is 31.9 Å². The minimum absolute atomic E-state index is 0.390. The molecule has 0 saturated carbocycles. The molecule has 0 aliphatic heterocycles. The molecule has 0 atom stereocenters. The van der Waals surface area contributed by atoms with Gasteiger partial charge in [-0.3, -0.25) is 0 Å². The number of hydrogen-bond donors (Lipinski definition) is 1. The summed E-state index contributed by atoms with van der Waals surface area (Å²) >= 11 is 0. The van der Waals surface area contributed by atoms with Crippen LogP contribution < -0.4 is 10.1 Å². The van der Waals surface area contributed by atoms with Crippen molar-refractivity contribution in [2.24, 2.45) is 0 Å². The highest BCUT2D eigenvalue weighted by molar-refractivity contribution is 5.66. The van der Waals surface area contributed by atoms with Gasteiger partial charge in [-0.1, -0.05) is 19.1 Å². The number of amides is 1. The summed E-state index contributed by atoms with van der Waals surface area (Å²) in [7, 11) is 2.99. The molecule has 0 unspecified atom stereocenters. The van der Waals surface area contributed by atoms with Gasteiger partial charge in [0, 0.05) is 12.1 Å². The first kappa shape index (κ1) is 17.3. The van der Waals surface area contributed by atoms with Gasteiger partial charge in [-0.25, -0.2) is 4.79 Å². The maximum Gasteiger partial charge on any atom is 0.406 e. The van der Waals surface area contributed by atoms with E-state index in [1.807, 2.05) is 26.0 Å². The van der Waals surface area contributed by atoms with Crippen LogP contribution >= 0.6 is 0 Å². The fourth-order valence-corrected chi connectivity index (χ4v) is 2.06. The molecule has 5 nitrogen and oxygen atoms in total. The number of aryl methyl sites for hydroxylation is 1. The molecule has 0 spiro atoms. The third kappa shape index (κ3) is 4.93. The third-order valence-electron chi connectivity index (χ3n) is 3.34. The summed E-state index contributed by atoms with van der Waals surface area (Å²) in [5.41, 5.74) is 1.70. The lowest BCUT2D eigenvalue weighted by Crippen LogP contribution is -2.31. The maximum atomic E-state index is 11.0. The van der Waals surface area contributed by atoms with Crippen LogP contribution in [0.1, 0.15) is 31.9 Å². The van der Waals surface area contributed by atoms with Crippen molar-refractivity contribution in [3.05, 3.63) is 29.3 Å². The number of rotatable bonds is 7. The second-order valence-electron chi connectivity index (χ2n) is 5.17. The molecule has 1 amide bonds. The van der Waals surface area contributed by atoms with E-state index in [0.29, 0.717) is 13.2 Å². The van der Waals surface area contributed by atoms with Crippen LogP contribution in [-0.2, 0) is 21.5 Å². The zero-order valence-corrected chi connectivity index (χ0v) is 13.5. The van der Waals surface area contributed by atoms with E-state index in [4.69, 9.17) is 9.47 Å². The lowest BCUT2D eigenvalue weighted by atomic mass is 9.95. The molecule has 5 heteroatoms. The zero-order chi connectivity index (χ0) is 15.9. The number of benzene rings is 1. The molecule has 118 valence electrons. The lowest BCUT2D eigenvalue weighted by molar-refractivity contribution is -0.0209. The predicted molar refractivity (Wildman–Crippen MR) is 81.8 cm³/mol. The zero-order valence-electron chi connectivity index (χ0n) is 13.5. The SMILES string of the molecule is CCc1ccc(C(C)(C)OCCNC(=O)OC)c(OC)c1. The topological polar surface area (TPSA) is 56.8 Å². The van der Waals surface area contributed by atoms with Crippen molar-refractivity contribution < 1.29 is 19.0 Å². The van der Waals surface area contributed by atoms with Crippen LogP contribution in [-0.4, -0.2) is 33.5 Å². The Balaban J connectivity index is 2.71. The highest BCUT2D eigenvalue weighted by Gasteiger charge is 2.25. The van der Waals surface area contributed by atoms with Gasteiger partial charge in [0.05, 0.1) is 26.4 Å². The monoisotopic (exact) mass is 295 g/mol. The molecule has 1 aromatic rings. The van der Waals surface area contributed by atoms with E-state index >= 15 is 0 Å². The van der Waals surface area contributed by atoms with Crippen molar-refractivity contribution >= 4 is 6.09 Å². The number of alkyl carbamates (subject to hydrolysis) is 1. The molecule has 1 rings (SSSR count). The normalized spacial score (nSPS) is 11.1. The van der Waals surface area contributed by atoms with Crippen molar-refractivity contribution in [1.82, 2.24) is 5.32 Å². The summed E-state index contributed by atoms with van der Waals surface area (Å²) in [5, 5.41) is 2.59. The quantitative estimate of drug-likeness (QED) is 0.786. The van der Waals surface area contributed by atoms with Gasteiger partial charge >= 0.3 is 6.09 Å². The molecule has 0 aliphatic carbocycles. The highest BCUT2D eigenvalue weighted by Crippen LogP contribution is 2.33. The van der Waals surface area contributed by atoms with Gasteiger partial charge in [0.1, 0.15) is 5.75 Å². The average Bonchev–Trinajstić information content (AvgIpc) is 2.50. The summed E-state index contributed by atoms with van der Waals surface area (Å²) in [5.74, 6) is 0.820. The van der Waals surface area contributed by atoms with Crippen LogP contribution in [0.5, 0.6) is 5.75 Å². The van der Waals surface area contributed by atoms with Crippen LogP contribution in [0.15, 0.2) is 18.2 Å². The van der Waals surface area contributed by atoms with E-state index in [-0.39, 0.29) is 0 Å². The smallest absolute Gasteiger partial charge is 0.406 e. The molecule has 0 heterocycles. The van der Waals surface area contributed by atoms with Gasteiger partial charge in [0.15, 0.2) is 0 Å². The largest absolute Gasteiger partial charge is 0.496 e. The van der Waals surface area contributed by atoms with Gasteiger partial charge < -0.3 is 19.5 Å². The number of hydrogen-bond acceptors (Lipinski definition) is 4. The molecule has 0 fully saturated rings. The predicted octanol–water partition coefficient (Wildman–Crippen LogP) is 2.87. The Labute approximate surface area is 126 Å². The Morgan fingerprint density at radius 1 is 1.29 bits per heavy atom. The van der Waals surface area contributed by atoms with Gasteiger partial charge in [0.25, 0.3) is 0 Å². The number of ether oxygens (including phenoxy) is 3. The molecule has 1 N–H and O–H groups in total. The van der Waals surface area contributed by atoms with E-state index in [0.717, 1.165) is 17.7 Å². The minimum atomic E-state index is -0.505. The van der Waals surface area contributed by atoms with E-state index in [1.165, 1.54) is 12.7 Å². The summed E-state index contributed by atoms with van der Waals surface area (Å²) in [6.07, 6.45) is 0.502.